The minimum atomic E-state index is 0.576. The summed E-state index contributed by atoms with van der Waals surface area (Å²) < 4.78 is 0.831. The summed E-state index contributed by atoms with van der Waals surface area (Å²) in [6.07, 6.45) is 2.32. The zero-order valence-electron chi connectivity index (χ0n) is 6.91. The van der Waals surface area contributed by atoms with E-state index in [4.69, 9.17) is 0 Å². The van der Waals surface area contributed by atoms with Crippen molar-refractivity contribution >= 4 is 28.0 Å². The first-order chi connectivity index (χ1) is 5.65. The number of aromatic nitrogens is 1. The van der Waals surface area contributed by atoms with Crippen LogP contribution in [0.25, 0.3) is 0 Å². The van der Waals surface area contributed by atoms with Crippen molar-refractivity contribution in [1.29, 1.82) is 0 Å². The largest absolute Gasteiger partial charge is 0.362 e. The lowest BCUT2D eigenvalue weighted by Gasteiger charge is -2.12. The summed E-state index contributed by atoms with van der Waals surface area (Å²) in [5.41, 5.74) is 0.576. The Balaban J connectivity index is 3.11. The number of aldehydes is 1. The molecule has 0 fully saturated rings. The molecule has 0 spiro atoms. The van der Waals surface area contributed by atoms with Gasteiger partial charge in [0.2, 0.25) is 0 Å². The molecule has 0 aliphatic rings. The molecule has 3 nitrogen and oxygen atoms in total. The molecule has 0 aliphatic carbocycles. The Morgan fingerprint density at radius 2 is 2.25 bits per heavy atom. The number of hydrogen-bond donors (Lipinski definition) is 0. The van der Waals surface area contributed by atoms with Crippen molar-refractivity contribution < 1.29 is 4.79 Å². The molecule has 0 bridgehead atoms. The van der Waals surface area contributed by atoms with Crippen LogP contribution in [0.5, 0.6) is 0 Å². The van der Waals surface area contributed by atoms with Crippen LogP contribution < -0.4 is 4.90 Å². The standard InChI is InChI=1S/C8H9BrN2O/c1-11(2)8-7(9)3-6(5-12)4-10-8/h3-5H,1-2H3. The van der Waals surface area contributed by atoms with Crippen LogP contribution in [0.2, 0.25) is 0 Å². The number of hydrogen-bond acceptors (Lipinski definition) is 3. The van der Waals surface area contributed by atoms with Crippen LogP contribution in [0, 0.1) is 0 Å². The van der Waals surface area contributed by atoms with Gasteiger partial charge in [-0.05, 0) is 22.0 Å². The van der Waals surface area contributed by atoms with Crippen LogP contribution in [-0.4, -0.2) is 25.4 Å². The van der Waals surface area contributed by atoms with E-state index in [-0.39, 0.29) is 0 Å². The zero-order chi connectivity index (χ0) is 9.14. The molecule has 0 radical (unpaired) electrons. The quantitative estimate of drug-likeness (QED) is 0.724. The monoisotopic (exact) mass is 228 g/mol. The molecule has 1 heterocycles. The summed E-state index contributed by atoms with van der Waals surface area (Å²) in [5.74, 6) is 0.820. The van der Waals surface area contributed by atoms with E-state index in [2.05, 4.69) is 20.9 Å². The lowest BCUT2D eigenvalue weighted by Crippen LogP contribution is -2.11. The molecule has 1 aromatic rings. The number of carbonyl (C=O) groups excluding carboxylic acids is 1. The van der Waals surface area contributed by atoms with Crippen molar-refractivity contribution in [3.05, 3.63) is 22.3 Å². The zero-order valence-corrected chi connectivity index (χ0v) is 8.50. The lowest BCUT2D eigenvalue weighted by molar-refractivity contribution is 0.112. The van der Waals surface area contributed by atoms with Crippen molar-refractivity contribution in [3.63, 3.8) is 0 Å². The molecule has 0 aromatic carbocycles. The Kier molecular flexibility index (Phi) is 2.81. The van der Waals surface area contributed by atoms with Crippen LogP contribution >= 0.6 is 15.9 Å². The van der Waals surface area contributed by atoms with Gasteiger partial charge >= 0.3 is 0 Å². The Hall–Kier alpha value is -0.900. The third kappa shape index (κ3) is 1.82. The summed E-state index contributed by atoms with van der Waals surface area (Å²) in [4.78, 5) is 16.3. The Morgan fingerprint density at radius 3 is 2.67 bits per heavy atom. The second-order valence-electron chi connectivity index (χ2n) is 2.59. The number of nitrogens with zero attached hydrogens (tertiary/aromatic N) is 2. The highest BCUT2D eigenvalue weighted by atomic mass is 79.9. The van der Waals surface area contributed by atoms with Crippen molar-refractivity contribution in [2.24, 2.45) is 0 Å². The van der Waals surface area contributed by atoms with Gasteiger partial charge < -0.3 is 4.90 Å². The van der Waals surface area contributed by atoms with Gasteiger partial charge in [-0.1, -0.05) is 0 Å². The van der Waals surface area contributed by atoms with Crippen molar-refractivity contribution in [2.75, 3.05) is 19.0 Å². The van der Waals surface area contributed by atoms with E-state index in [0.717, 1.165) is 16.6 Å². The number of carbonyl (C=O) groups is 1. The molecule has 0 N–H and O–H groups in total. The molecule has 0 amide bonds. The van der Waals surface area contributed by atoms with Gasteiger partial charge in [0.05, 0.1) is 4.47 Å². The van der Waals surface area contributed by atoms with Crippen LogP contribution in [0.15, 0.2) is 16.7 Å². The van der Waals surface area contributed by atoms with Gasteiger partial charge in [0.1, 0.15) is 5.82 Å². The Bertz CT molecular complexity index is 299. The first-order valence-electron chi connectivity index (χ1n) is 3.43. The number of halogens is 1. The molecule has 64 valence electrons. The fourth-order valence-electron chi connectivity index (χ4n) is 0.839. The summed E-state index contributed by atoms with van der Waals surface area (Å²) in [5, 5.41) is 0. The van der Waals surface area contributed by atoms with Crippen molar-refractivity contribution in [1.82, 2.24) is 4.98 Å². The first-order valence-corrected chi connectivity index (χ1v) is 4.22. The van der Waals surface area contributed by atoms with Gasteiger partial charge in [0.25, 0.3) is 0 Å². The SMILES string of the molecule is CN(C)c1ncc(C=O)cc1Br. The number of rotatable bonds is 2. The smallest absolute Gasteiger partial charge is 0.151 e. The maximum absolute atomic E-state index is 10.4. The Morgan fingerprint density at radius 1 is 1.58 bits per heavy atom. The molecule has 0 saturated heterocycles. The summed E-state index contributed by atoms with van der Waals surface area (Å²) in [7, 11) is 3.79. The van der Waals surface area contributed by atoms with E-state index in [1.807, 2.05) is 19.0 Å². The van der Waals surface area contributed by atoms with E-state index >= 15 is 0 Å². The molecule has 0 atom stereocenters. The Labute approximate surface area is 79.5 Å². The molecule has 1 aromatic heterocycles. The number of anilines is 1. The normalized spacial score (nSPS) is 9.58. The summed E-state index contributed by atoms with van der Waals surface area (Å²) in [6.45, 7) is 0. The topological polar surface area (TPSA) is 33.2 Å². The van der Waals surface area contributed by atoms with E-state index in [1.165, 1.54) is 0 Å². The molecule has 4 heteroatoms. The molecule has 12 heavy (non-hydrogen) atoms. The summed E-state index contributed by atoms with van der Waals surface area (Å²) in [6, 6.07) is 1.75. The van der Waals surface area contributed by atoms with E-state index in [1.54, 1.807) is 12.3 Å². The third-order valence-corrected chi connectivity index (χ3v) is 1.99. The first kappa shape index (κ1) is 9.19. The molecule has 0 aliphatic heterocycles. The average Bonchev–Trinajstić information content (AvgIpc) is 2.03. The minimum absolute atomic E-state index is 0.576. The predicted octanol–water partition coefficient (Wildman–Crippen LogP) is 1.72. The van der Waals surface area contributed by atoms with Crippen LogP contribution in [-0.2, 0) is 0 Å². The molecular weight excluding hydrogens is 220 g/mol. The van der Waals surface area contributed by atoms with Gasteiger partial charge in [-0.25, -0.2) is 4.98 Å². The van der Waals surface area contributed by atoms with Gasteiger partial charge in [0, 0.05) is 25.9 Å². The maximum atomic E-state index is 10.4. The maximum Gasteiger partial charge on any atom is 0.151 e. The van der Waals surface area contributed by atoms with E-state index in [0.29, 0.717) is 5.56 Å². The third-order valence-electron chi connectivity index (χ3n) is 1.40. The molecule has 0 saturated carbocycles. The van der Waals surface area contributed by atoms with E-state index in [9.17, 15) is 4.79 Å². The van der Waals surface area contributed by atoms with Crippen molar-refractivity contribution in [3.8, 4) is 0 Å². The molecular formula is C8H9BrN2O. The highest BCUT2D eigenvalue weighted by Gasteiger charge is 2.03. The molecule has 0 unspecified atom stereocenters. The average molecular weight is 229 g/mol. The summed E-state index contributed by atoms with van der Waals surface area (Å²) >= 11 is 3.33. The minimum Gasteiger partial charge on any atom is -0.362 e. The van der Waals surface area contributed by atoms with Gasteiger partial charge in [-0.15, -0.1) is 0 Å². The van der Waals surface area contributed by atoms with Gasteiger partial charge in [0.15, 0.2) is 6.29 Å². The van der Waals surface area contributed by atoms with Crippen LogP contribution in [0.1, 0.15) is 10.4 Å². The second kappa shape index (κ2) is 3.67. The van der Waals surface area contributed by atoms with Crippen LogP contribution in [0.4, 0.5) is 5.82 Å². The second-order valence-corrected chi connectivity index (χ2v) is 3.44. The highest BCUT2D eigenvalue weighted by molar-refractivity contribution is 9.10. The molecule has 1 rings (SSSR count). The van der Waals surface area contributed by atoms with Gasteiger partial charge in [-0.2, -0.15) is 0 Å². The van der Waals surface area contributed by atoms with Crippen LogP contribution in [0.3, 0.4) is 0 Å². The number of pyridine rings is 1. The van der Waals surface area contributed by atoms with Gasteiger partial charge in [-0.3, -0.25) is 4.79 Å². The fourth-order valence-corrected chi connectivity index (χ4v) is 1.56. The fraction of sp³-hybridized carbons (Fsp3) is 0.250. The van der Waals surface area contributed by atoms with E-state index < -0.39 is 0 Å². The lowest BCUT2D eigenvalue weighted by atomic mass is 10.3. The predicted molar refractivity (Wildman–Crippen MR) is 51.7 cm³/mol. The van der Waals surface area contributed by atoms with Crippen molar-refractivity contribution in [2.45, 2.75) is 0 Å². The highest BCUT2D eigenvalue weighted by Crippen LogP contribution is 2.21.